The summed E-state index contributed by atoms with van der Waals surface area (Å²) in [5.74, 6) is 0.434. The highest BCUT2D eigenvalue weighted by atomic mass is 35.5. The van der Waals surface area contributed by atoms with Gasteiger partial charge < -0.3 is 15.5 Å². The summed E-state index contributed by atoms with van der Waals surface area (Å²) in [6.45, 7) is 0.368. The van der Waals surface area contributed by atoms with Crippen LogP contribution in [0.5, 0.6) is 0 Å². The van der Waals surface area contributed by atoms with E-state index in [1.54, 1.807) is 18.4 Å². The summed E-state index contributed by atoms with van der Waals surface area (Å²) in [7, 11) is 2.85. The molecular formula is C12H18ClN3O2S. The van der Waals surface area contributed by atoms with Gasteiger partial charge in [0.2, 0.25) is 0 Å². The molecule has 1 rings (SSSR count). The Morgan fingerprint density at radius 1 is 1.42 bits per heavy atom. The third kappa shape index (κ3) is 5.48. The number of amides is 2. The molecule has 106 valence electrons. The lowest BCUT2D eigenvalue weighted by molar-refractivity contribution is 0.252. The number of hydrogen-bond donors (Lipinski definition) is 2. The second kappa shape index (κ2) is 7.35. The molecule has 0 aliphatic rings. The number of hydrogen-bond acceptors (Lipinski definition) is 3. The quantitative estimate of drug-likeness (QED) is 0.873. The summed E-state index contributed by atoms with van der Waals surface area (Å²) in [6.07, 6.45) is 1.60. The fourth-order valence-corrected chi connectivity index (χ4v) is 2.03. The van der Waals surface area contributed by atoms with Crippen molar-refractivity contribution in [1.82, 2.24) is 5.32 Å². The van der Waals surface area contributed by atoms with Gasteiger partial charge in [0, 0.05) is 48.5 Å². The molecule has 0 heterocycles. The van der Waals surface area contributed by atoms with Crippen molar-refractivity contribution in [3.05, 3.63) is 23.2 Å². The van der Waals surface area contributed by atoms with Crippen molar-refractivity contribution < 1.29 is 9.00 Å². The van der Waals surface area contributed by atoms with E-state index in [0.29, 0.717) is 23.0 Å². The van der Waals surface area contributed by atoms with Crippen molar-refractivity contribution in [3.63, 3.8) is 0 Å². The molecule has 0 aliphatic heterocycles. The summed E-state index contributed by atoms with van der Waals surface area (Å²) >= 11 is 5.92. The molecule has 0 aliphatic carbocycles. The van der Waals surface area contributed by atoms with Crippen molar-refractivity contribution in [2.45, 2.75) is 0 Å². The maximum absolute atomic E-state index is 11.7. The SMILES string of the molecule is CN(C)c1ccc(Cl)cc1NC(=O)NCCS(C)=O. The molecule has 7 heteroatoms. The highest BCUT2D eigenvalue weighted by molar-refractivity contribution is 7.84. The third-order valence-corrected chi connectivity index (χ3v) is 3.38. The van der Waals surface area contributed by atoms with Gasteiger partial charge in [-0.05, 0) is 18.2 Å². The van der Waals surface area contributed by atoms with Gasteiger partial charge in [0.1, 0.15) is 0 Å². The normalized spacial score (nSPS) is 11.8. The molecule has 1 aromatic rings. The van der Waals surface area contributed by atoms with E-state index in [-0.39, 0.29) is 6.03 Å². The number of nitrogens with zero attached hydrogens (tertiary/aromatic N) is 1. The highest BCUT2D eigenvalue weighted by Crippen LogP contribution is 2.27. The Hall–Kier alpha value is -1.27. The smallest absolute Gasteiger partial charge is 0.319 e. The standard InChI is InChI=1S/C12H18ClN3O2S/c1-16(2)11-5-4-9(13)8-10(11)15-12(17)14-6-7-19(3)18/h4-5,8H,6-7H2,1-3H3,(H2,14,15,17). The molecule has 1 unspecified atom stereocenters. The van der Waals surface area contributed by atoms with Crippen LogP contribution in [-0.4, -0.2) is 42.9 Å². The van der Waals surface area contributed by atoms with Crippen molar-refractivity contribution in [2.24, 2.45) is 0 Å². The molecule has 2 amide bonds. The van der Waals surface area contributed by atoms with E-state index in [9.17, 15) is 9.00 Å². The maximum atomic E-state index is 11.7. The Morgan fingerprint density at radius 3 is 2.68 bits per heavy atom. The first-order valence-electron chi connectivity index (χ1n) is 5.72. The van der Waals surface area contributed by atoms with Crippen LogP contribution in [0.2, 0.25) is 5.02 Å². The van der Waals surface area contributed by atoms with Crippen LogP contribution in [0.3, 0.4) is 0 Å². The Morgan fingerprint density at radius 2 is 2.11 bits per heavy atom. The topological polar surface area (TPSA) is 61.4 Å². The van der Waals surface area contributed by atoms with E-state index in [2.05, 4.69) is 10.6 Å². The number of carbonyl (C=O) groups excluding carboxylic acids is 1. The van der Waals surface area contributed by atoms with Gasteiger partial charge in [-0.2, -0.15) is 0 Å². The van der Waals surface area contributed by atoms with Crippen LogP contribution in [0, 0.1) is 0 Å². The van der Waals surface area contributed by atoms with E-state index < -0.39 is 10.8 Å². The molecule has 0 saturated carbocycles. The number of urea groups is 1. The lowest BCUT2D eigenvalue weighted by Gasteiger charge is -2.18. The van der Waals surface area contributed by atoms with Crippen molar-refractivity contribution >= 4 is 39.8 Å². The average Bonchev–Trinajstić information content (AvgIpc) is 2.27. The number of halogens is 1. The number of nitrogens with one attached hydrogen (secondary N) is 2. The molecule has 0 aromatic heterocycles. The van der Waals surface area contributed by atoms with Crippen LogP contribution < -0.4 is 15.5 Å². The predicted octanol–water partition coefficient (Wildman–Crippen LogP) is 1.91. The number of rotatable bonds is 5. The van der Waals surface area contributed by atoms with E-state index in [1.807, 2.05) is 25.1 Å². The summed E-state index contributed by atoms with van der Waals surface area (Å²) in [5.41, 5.74) is 1.49. The lowest BCUT2D eigenvalue weighted by atomic mass is 10.2. The summed E-state index contributed by atoms with van der Waals surface area (Å²) in [4.78, 5) is 13.6. The molecular weight excluding hydrogens is 286 g/mol. The number of carbonyl (C=O) groups is 1. The summed E-state index contributed by atoms with van der Waals surface area (Å²) < 4.78 is 10.9. The Balaban J connectivity index is 2.67. The first-order chi connectivity index (χ1) is 8.90. The second-order valence-corrected chi connectivity index (χ2v) is 6.21. The van der Waals surface area contributed by atoms with Crippen LogP contribution in [0.25, 0.3) is 0 Å². The van der Waals surface area contributed by atoms with Gasteiger partial charge in [-0.3, -0.25) is 4.21 Å². The second-order valence-electron chi connectivity index (χ2n) is 4.21. The molecule has 2 N–H and O–H groups in total. The zero-order valence-electron chi connectivity index (χ0n) is 11.2. The Labute approximate surface area is 120 Å². The van der Waals surface area contributed by atoms with Gasteiger partial charge in [0.25, 0.3) is 0 Å². The van der Waals surface area contributed by atoms with E-state index in [1.165, 1.54) is 0 Å². The van der Waals surface area contributed by atoms with Gasteiger partial charge in [0.05, 0.1) is 11.4 Å². The first kappa shape index (κ1) is 15.8. The molecule has 0 radical (unpaired) electrons. The Kier molecular flexibility index (Phi) is 6.11. The van der Waals surface area contributed by atoms with Crippen LogP contribution in [0.4, 0.5) is 16.2 Å². The van der Waals surface area contributed by atoms with Gasteiger partial charge in [-0.1, -0.05) is 11.6 Å². The molecule has 1 atom stereocenters. The fourth-order valence-electron chi connectivity index (χ4n) is 1.47. The number of benzene rings is 1. The van der Waals surface area contributed by atoms with Crippen LogP contribution >= 0.6 is 11.6 Å². The van der Waals surface area contributed by atoms with Crippen molar-refractivity contribution in [1.29, 1.82) is 0 Å². The van der Waals surface area contributed by atoms with Gasteiger partial charge in [0.15, 0.2) is 0 Å². The van der Waals surface area contributed by atoms with E-state index in [0.717, 1.165) is 5.69 Å². The monoisotopic (exact) mass is 303 g/mol. The van der Waals surface area contributed by atoms with Gasteiger partial charge in [-0.15, -0.1) is 0 Å². The molecule has 19 heavy (non-hydrogen) atoms. The fraction of sp³-hybridized carbons (Fsp3) is 0.417. The molecule has 0 bridgehead atoms. The molecule has 5 nitrogen and oxygen atoms in total. The first-order valence-corrected chi connectivity index (χ1v) is 7.82. The van der Waals surface area contributed by atoms with Crippen LogP contribution in [0.1, 0.15) is 0 Å². The molecule has 0 fully saturated rings. The van der Waals surface area contributed by atoms with Gasteiger partial charge in [-0.25, -0.2) is 4.79 Å². The maximum Gasteiger partial charge on any atom is 0.319 e. The average molecular weight is 304 g/mol. The zero-order valence-corrected chi connectivity index (χ0v) is 12.8. The lowest BCUT2D eigenvalue weighted by Crippen LogP contribution is -2.32. The van der Waals surface area contributed by atoms with Gasteiger partial charge >= 0.3 is 6.03 Å². The summed E-state index contributed by atoms with van der Waals surface area (Å²) in [6, 6.07) is 4.95. The number of anilines is 2. The largest absolute Gasteiger partial charge is 0.376 e. The van der Waals surface area contributed by atoms with E-state index >= 15 is 0 Å². The zero-order chi connectivity index (χ0) is 14.4. The predicted molar refractivity (Wildman–Crippen MR) is 81.7 cm³/mol. The Bertz CT molecular complexity index is 480. The minimum atomic E-state index is -0.916. The molecule has 0 spiro atoms. The van der Waals surface area contributed by atoms with E-state index in [4.69, 9.17) is 11.6 Å². The summed E-state index contributed by atoms with van der Waals surface area (Å²) in [5, 5.41) is 5.93. The minimum Gasteiger partial charge on any atom is -0.376 e. The van der Waals surface area contributed by atoms with Crippen molar-refractivity contribution in [3.8, 4) is 0 Å². The highest BCUT2D eigenvalue weighted by Gasteiger charge is 2.08. The minimum absolute atomic E-state index is 0.337. The molecule has 0 saturated heterocycles. The molecule has 1 aromatic carbocycles. The van der Waals surface area contributed by atoms with Crippen LogP contribution in [0.15, 0.2) is 18.2 Å². The van der Waals surface area contributed by atoms with Crippen LogP contribution in [-0.2, 0) is 10.8 Å². The third-order valence-electron chi connectivity index (χ3n) is 2.36. The van der Waals surface area contributed by atoms with Crippen molar-refractivity contribution in [2.75, 3.05) is 42.9 Å².